The standard InChI is InChI=1S/C13H15N3O3/c1-4-19-13(17)11-12(16(2)15-14-11)9-6-5-7-10(8-9)18-3/h5-8H,4H2,1-3H3. The van der Waals surface area contributed by atoms with Crippen molar-refractivity contribution in [2.45, 2.75) is 6.92 Å². The predicted octanol–water partition coefficient (Wildman–Crippen LogP) is 1.67. The quantitative estimate of drug-likeness (QED) is 0.783. The molecule has 0 radical (unpaired) electrons. The van der Waals surface area contributed by atoms with E-state index in [1.807, 2.05) is 24.3 Å². The Labute approximate surface area is 110 Å². The van der Waals surface area contributed by atoms with Crippen LogP contribution in [0.3, 0.4) is 0 Å². The molecule has 1 aromatic heterocycles. The van der Waals surface area contributed by atoms with Crippen LogP contribution < -0.4 is 4.74 Å². The molecular weight excluding hydrogens is 246 g/mol. The number of nitrogens with zero attached hydrogens (tertiary/aromatic N) is 3. The predicted molar refractivity (Wildman–Crippen MR) is 68.9 cm³/mol. The number of carbonyl (C=O) groups is 1. The zero-order valence-electron chi connectivity index (χ0n) is 11.1. The number of aromatic nitrogens is 3. The van der Waals surface area contributed by atoms with E-state index in [-0.39, 0.29) is 5.69 Å². The van der Waals surface area contributed by atoms with E-state index in [2.05, 4.69) is 10.3 Å². The fraction of sp³-hybridized carbons (Fsp3) is 0.308. The topological polar surface area (TPSA) is 66.2 Å². The molecule has 0 aliphatic carbocycles. The lowest BCUT2D eigenvalue weighted by molar-refractivity contribution is 0.0520. The number of carbonyl (C=O) groups excluding carboxylic acids is 1. The van der Waals surface area contributed by atoms with Crippen LogP contribution >= 0.6 is 0 Å². The fourth-order valence-electron chi connectivity index (χ4n) is 1.79. The van der Waals surface area contributed by atoms with Crippen molar-refractivity contribution in [3.8, 4) is 17.0 Å². The first-order valence-corrected chi connectivity index (χ1v) is 5.88. The van der Waals surface area contributed by atoms with Crippen molar-refractivity contribution in [3.63, 3.8) is 0 Å². The average Bonchev–Trinajstić information content (AvgIpc) is 2.81. The van der Waals surface area contributed by atoms with Crippen LogP contribution in [0.2, 0.25) is 0 Å². The molecule has 2 aromatic rings. The fourth-order valence-corrected chi connectivity index (χ4v) is 1.79. The van der Waals surface area contributed by atoms with Gasteiger partial charge >= 0.3 is 5.97 Å². The van der Waals surface area contributed by atoms with Crippen molar-refractivity contribution in [1.29, 1.82) is 0 Å². The summed E-state index contributed by atoms with van der Waals surface area (Å²) in [5, 5.41) is 7.74. The normalized spacial score (nSPS) is 10.3. The number of ether oxygens (including phenoxy) is 2. The molecule has 0 atom stereocenters. The maximum Gasteiger partial charge on any atom is 0.361 e. The van der Waals surface area contributed by atoms with Gasteiger partial charge in [-0.1, -0.05) is 17.3 Å². The lowest BCUT2D eigenvalue weighted by Gasteiger charge is -2.06. The number of esters is 1. The Balaban J connectivity index is 2.48. The second-order valence-electron chi connectivity index (χ2n) is 3.86. The van der Waals surface area contributed by atoms with Gasteiger partial charge in [-0.15, -0.1) is 5.10 Å². The number of aryl methyl sites for hydroxylation is 1. The molecule has 0 N–H and O–H groups in total. The molecule has 0 aliphatic heterocycles. The van der Waals surface area contributed by atoms with Gasteiger partial charge in [0.05, 0.1) is 13.7 Å². The minimum atomic E-state index is -0.478. The van der Waals surface area contributed by atoms with E-state index in [4.69, 9.17) is 9.47 Å². The molecule has 0 amide bonds. The summed E-state index contributed by atoms with van der Waals surface area (Å²) in [4.78, 5) is 11.8. The molecule has 0 saturated heterocycles. The zero-order chi connectivity index (χ0) is 13.8. The highest BCUT2D eigenvalue weighted by Crippen LogP contribution is 2.25. The first-order chi connectivity index (χ1) is 9.17. The second kappa shape index (κ2) is 5.51. The highest BCUT2D eigenvalue weighted by molar-refractivity contribution is 5.94. The first kappa shape index (κ1) is 13.1. The van der Waals surface area contributed by atoms with Crippen molar-refractivity contribution in [1.82, 2.24) is 15.0 Å². The van der Waals surface area contributed by atoms with E-state index < -0.39 is 5.97 Å². The Morgan fingerprint density at radius 3 is 2.89 bits per heavy atom. The molecule has 0 unspecified atom stereocenters. The minimum Gasteiger partial charge on any atom is -0.497 e. The molecule has 0 bridgehead atoms. The van der Waals surface area contributed by atoms with Crippen LogP contribution in [0.25, 0.3) is 11.3 Å². The van der Waals surface area contributed by atoms with Gasteiger partial charge in [0.1, 0.15) is 11.4 Å². The third-order valence-electron chi connectivity index (χ3n) is 2.64. The number of hydrogen-bond acceptors (Lipinski definition) is 5. The van der Waals surface area contributed by atoms with Crippen molar-refractivity contribution in [3.05, 3.63) is 30.0 Å². The number of hydrogen-bond donors (Lipinski definition) is 0. The SMILES string of the molecule is CCOC(=O)c1nnn(C)c1-c1cccc(OC)c1. The Kier molecular flexibility index (Phi) is 3.79. The summed E-state index contributed by atoms with van der Waals surface area (Å²) in [6.45, 7) is 2.05. The molecule has 0 saturated carbocycles. The van der Waals surface area contributed by atoms with E-state index in [0.717, 1.165) is 5.56 Å². The number of methoxy groups -OCH3 is 1. The van der Waals surface area contributed by atoms with Crippen LogP contribution in [0, 0.1) is 0 Å². The summed E-state index contributed by atoms with van der Waals surface area (Å²) in [5.41, 5.74) is 1.62. The van der Waals surface area contributed by atoms with Gasteiger partial charge in [0.2, 0.25) is 0 Å². The summed E-state index contributed by atoms with van der Waals surface area (Å²) < 4.78 is 11.7. The van der Waals surface area contributed by atoms with Crippen LogP contribution in [-0.2, 0) is 11.8 Å². The Bertz CT molecular complexity index is 593. The van der Waals surface area contributed by atoms with E-state index >= 15 is 0 Å². The number of rotatable bonds is 4. The first-order valence-electron chi connectivity index (χ1n) is 5.88. The molecule has 0 aliphatic rings. The molecule has 6 heteroatoms. The van der Waals surface area contributed by atoms with Crippen molar-refractivity contribution in [2.75, 3.05) is 13.7 Å². The smallest absolute Gasteiger partial charge is 0.361 e. The van der Waals surface area contributed by atoms with Crippen LogP contribution in [0.5, 0.6) is 5.75 Å². The third-order valence-corrected chi connectivity index (χ3v) is 2.64. The highest BCUT2D eigenvalue weighted by atomic mass is 16.5. The Morgan fingerprint density at radius 2 is 2.21 bits per heavy atom. The zero-order valence-corrected chi connectivity index (χ0v) is 11.1. The van der Waals surface area contributed by atoms with Crippen molar-refractivity contribution < 1.29 is 14.3 Å². The summed E-state index contributed by atoms with van der Waals surface area (Å²) >= 11 is 0. The highest BCUT2D eigenvalue weighted by Gasteiger charge is 2.21. The van der Waals surface area contributed by atoms with Crippen LogP contribution in [0.1, 0.15) is 17.4 Å². The van der Waals surface area contributed by atoms with Gasteiger partial charge in [-0.25, -0.2) is 9.48 Å². The van der Waals surface area contributed by atoms with Gasteiger partial charge in [-0.2, -0.15) is 0 Å². The van der Waals surface area contributed by atoms with Gasteiger partial charge in [0.25, 0.3) is 0 Å². The summed E-state index contributed by atoms with van der Waals surface area (Å²) in [7, 11) is 3.32. The number of benzene rings is 1. The molecule has 100 valence electrons. The Morgan fingerprint density at radius 1 is 1.42 bits per heavy atom. The molecule has 0 fully saturated rings. The lowest BCUT2D eigenvalue weighted by atomic mass is 10.1. The largest absolute Gasteiger partial charge is 0.497 e. The van der Waals surface area contributed by atoms with E-state index in [1.54, 1.807) is 25.8 Å². The summed E-state index contributed by atoms with van der Waals surface area (Å²) in [6, 6.07) is 7.36. The van der Waals surface area contributed by atoms with Gasteiger partial charge in [-0.05, 0) is 19.1 Å². The van der Waals surface area contributed by atoms with Crippen LogP contribution in [0.15, 0.2) is 24.3 Å². The maximum atomic E-state index is 11.8. The average molecular weight is 261 g/mol. The molecule has 1 aromatic carbocycles. The van der Waals surface area contributed by atoms with Crippen LogP contribution in [-0.4, -0.2) is 34.7 Å². The Hall–Kier alpha value is -2.37. The molecule has 0 spiro atoms. The van der Waals surface area contributed by atoms with E-state index in [1.165, 1.54) is 0 Å². The second-order valence-corrected chi connectivity index (χ2v) is 3.86. The van der Waals surface area contributed by atoms with Crippen LogP contribution in [0.4, 0.5) is 0 Å². The molecule has 6 nitrogen and oxygen atoms in total. The monoisotopic (exact) mass is 261 g/mol. The molecular formula is C13H15N3O3. The maximum absolute atomic E-state index is 11.8. The molecule has 19 heavy (non-hydrogen) atoms. The van der Waals surface area contributed by atoms with E-state index in [9.17, 15) is 4.79 Å². The minimum absolute atomic E-state index is 0.206. The molecule has 1 heterocycles. The van der Waals surface area contributed by atoms with Crippen molar-refractivity contribution >= 4 is 5.97 Å². The van der Waals surface area contributed by atoms with E-state index in [0.29, 0.717) is 18.1 Å². The lowest BCUT2D eigenvalue weighted by Crippen LogP contribution is -2.07. The van der Waals surface area contributed by atoms with Gasteiger partial charge in [-0.3, -0.25) is 0 Å². The van der Waals surface area contributed by atoms with Gasteiger partial charge in [0, 0.05) is 12.6 Å². The third kappa shape index (κ3) is 2.57. The summed E-state index contributed by atoms with van der Waals surface area (Å²) in [6.07, 6.45) is 0. The molecule has 2 rings (SSSR count). The van der Waals surface area contributed by atoms with Crippen molar-refractivity contribution in [2.24, 2.45) is 7.05 Å². The summed E-state index contributed by atoms with van der Waals surface area (Å²) in [5.74, 6) is 0.224. The van der Waals surface area contributed by atoms with Gasteiger partial charge in [0.15, 0.2) is 5.69 Å². The van der Waals surface area contributed by atoms with Gasteiger partial charge < -0.3 is 9.47 Å².